The topological polar surface area (TPSA) is 64.3 Å². The lowest BCUT2D eigenvalue weighted by Gasteiger charge is -2.26. The minimum absolute atomic E-state index is 0. The second kappa shape index (κ2) is 8.77. The van der Waals surface area contributed by atoms with Crippen LogP contribution in [0.1, 0.15) is 51.4 Å². The summed E-state index contributed by atoms with van der Waals surface area (Å²) in [5, 5.41) is 3.05. The van der Waals surface area contributed by atoms with Gasteiger partial charge < -0.3 is 15.8 Å². The van der Waals surface area contributed by atoms with E-state index in [0.29, 0.717) is 24.5 Å². The van der Waals surface area contributed by atoms with E-state index in [2.05, 4.69) is 5.32 Å². The number of nitrogens with one attached hydrogen (secondary N) is 1. The zero-order valence-corrected chi connectivity index (χ0v) is 12.4. The number of ether oxygens (including phenoxy) is 1. The van der Waals surface area contributed by atoms with E-state index in [4.69, 9.17) is 10.5 Å². The van der Waals surface area contributed by atoms with Gasteiger partial charge in [0, 0.05) is 25.6 Å². The molecule has 1 saturated carbocycles. The van der Waals surface area contributed by atoms with Gasteiger partial charge >= 0.3 is 0 Å². The molecule has 19 heavy (non-hydrogen) atoms. The molecule has 112 valence electrons. The number of hydrogen-bond acceptors (Lipinski definition) is 3. The van der Waals surface area contributed by atoms with Crippen LogP contribution in [0.3, 0.4) is 0 Å². The Bertz CT molecular complexity index is 270. The first-order chi connectivity index (χ1) is 8.74. The van der Waals surface area contributed by atoms with E-state index in [-0.39, 0.29) is 18.3 Å². The van der Waals surface area contributed by atoms with Gasteiger partial charge in [0.05, 0.1) is 6.10 Å². The zero-order chi connectivity index (χ0) is 12.8. The van der Waals surface area contributed by atoms with E-state index in [1.165, 1.54) is 12.8 Å². The second-order valence-corrected chi connectivity index (χ2v) is 5.77. The molecular formula is C14H27ClN2O2. The fourth-order valence-electron chi connectivity index (χ4n) is 3.03. The van der Waals surface area contributed by atoms with Gasteiger partial charge in [-0.15, -0.1) is 12.4 Å². The molecule has 4 nitrogen and oxygen atoms in total. The van der Waals surface area contributed by atoms with E-state index in [1.807, 2.05) is 0 Å². The van der Waals surface area contributed by atoms with Crippen LogP contribution in [0.2, 0.25) is 0 Å². The van der Waals surface area contributed by atoms with Crippen molar-refractivity contribution < 1.29 is 9.53 Å². The molecule has 1 saturated heterocycles. The Hall–Kier alpha value is -0.320. The lowest BCUT2D eigenvalue weighted by Crippen LogP contribution is -2.35. The van der Waals surface area contributed by atoms with Crippen LogP contribution < -0.4 is 11.1 Å². The maximum absolute atomic E-state index is 11.7. The molecule has 0 aromatic carbocycles. The number of carbonyl (C=O) groups excluding carboxylic acids is 1. The fourth-order valence-corrected chi connectivity index (χ4v) is 3.03. The van der Waals surface area contributed by atoms with Crippen LogP contribution in [-0.2, 0) is 9.53 Å². The Morgan fingerprint density at radius 3 is 2.79 bits per heavy atom. The molecule has 2 rings (SSSR count). The van der Waals surface area contributed by atoms with Crippen molar-refractivity contribution in [3.8, 4) is 0 Å². The fraction of sp³-hybridized carbons (Fsp3) is 0.929. The van der Waals surface area contributed by atoms with Crippen molar-refractivity contribution in [3.63, 3.8) is 0 Å². The van der Waals surface area contributed by atoms with Gasteiger partial charge in [-0.25, -0.2) is 0 Å². The quantitative estimate of drug-likeness (QED) is 0.814. The molecule has 2 aliphatic rings. The standard InChI is InChI=1S/C14H26N2O2.ClH/c15-12-4-1-3-11(9-12)10-16-14(17)7-6-13-5-2-8-18-13;/h11-13H,1-10,15H2,(H,16,17);1H. The smallest absolute Gasteiger partial charge is 0.220 e. The van der Waals surface area contributed by atoms with Gasteiger partial charge in [-0.05, 0) is 44.4 Å². The molecule has 3 atom stereocenters. The van der Waals surface area contributed by atoms with E-state index >= 15 is 0 Å². The summed E-state index contributed by atoms with van der Waals surface area (Å²) in [5.74, 6) is 0.755. The molecular weight excluding hydrogens is 264 g/mol. The average Bonchev–Trinajstić information content (AvgIpc) is 2.87. The van der Waals surface area contributed by atoms with Crippen molar-refractivity contribution in [2.75, 3.05) is 13.2 Å². The van der Waals surface area contributed by atoms with E-state index in [1.54, 1.807) is 0 Å². The first-order valence-electron chi connectivity index (χ1n) is 7.38. The molecule has 1 aliphatic carbocycles. The average molecular weight is 291 g/mol. The lowest BCUT2D eigenvalue weighted by molar-refractivity contribution is -0.121. The molecule has 1 amide bonds. The molecule has 3 N–H and O–H groups in total. The van der Waals surface area contributed by atoms with Crippen LogP contribution in [-0.4, -0.2) is 31.2 Å². The van der Waals surface area contributed by atoms with Crippen LogP contribution in [0.4, 0.5) is 0 Å². The van der Waals surface area contributed by atoms with E-state index in [0.717, 1.165) is 45.3 Å². The van der Waals surface area contributed by atoms with Crippen molar-refractivity contribution in [1.82, 2.24) is 5.32 Å². The molecule has 3 unspecified atom stereocenters. The van der Waals surface area contributed by atoms with Crippen molar-refractivity contribution in [2.45, 2.75) is 63.5 Å². The number of amides is 1. The monoisotopic (exact) mass is 290 g/mol. The number of carbonyl (C=O) groups is 1. The predicted octanol–water partition coefficient (Wildman–Crippen LogP) is 2.00. The van der Waals surface area contributed by atoms with Gasteiger partial charge in [-0.1, -0.05) is 6.42 Å². The zero-order valence-electron chi connectivity index (χ0n) is 11.6. The highest BCUT2D eigenvalue weighted by molar-refractivity contribution is 5.85. The summed E-state index contributed by atoms with van der Waals surface area (Å²) in [4.78, 5) is 11.7. The summed E-state index contributed by atoms with van der Waals surface area (Å²) in [6.07, 6.45) is 8.67. The third-order valence-electron chi connectivity index (χ3n) is 4.13. The van der Waals surface area contributed by atoms with Crippen molar-refractivity contribution in [3.05, 3.63) is 0 Å². The summed E-state index contributed by atoms with van der Waals surface area (Å²) in [6.45, 7) is 1.67. The summed E-state index contributed by atoms with van der Waals surface area (Å²) < 4.78 is 5.52. The largest absolute Gasteiger partial charge is 0.378 e. The van der Waals surface area contributed by atoms with Gasteiger partial charge in [0.1, 0.15) is 0 Å². The Morgan fingerprint density at radius 2 is 2.11 bits per heavy atom. The summed E-state index contributed by atoms with van der Waals surface area (Å²) >= 11 is 0. The summed E-state index contributed by atoms with van der Waals surface area (Å²) in [5.41, 5.74) is 5.94. The Kier molecular flexibility index (Phi) is 7.73. The van der Waals surface area contributed by atoms with Crippen molar-refractivity contribution in [1.29, 1.82) is 0 Å². The normalized spacial score (nSPS) is 30.7. The molecule has 0 aromatic rings. The number of rotatable bonds is 5. The summed E-state index contributed by atoms with van der Waals surface area (Å²) in [6, 6.07) is 0.340. The van der Waals surface area contributed by atoms with Gasteiger partial charge in [0.2, 0.25) is 5.91 Å². The molecule has 0 aromatic heterocycles. The highest BCUT2D eigenvalue weighted by Crippen LogP contribution is 2.22. The molecule has 0 radical (unpaired) electrons. The first-order valence-corrected chi connectivity index (χ1v) is 7.38. The Morgan fingerprint density at radius 1 is 1.26 bits per heavy atom. The van der Waals surface area contributed by atoms with Crippen LogP contribution in [0.5, 0.6) is 0 Å². The molecule has 1 heterocycles. The second-order valence-electron chi connectivity index (χ2n) is 5.77. The van der Waals surface area contributed by atoms with Crippen LogP contribution in [0, 0.1) is 5.92 Å². The van der Waals surface area contributed by atoms with E-state index in [9.17, 15) is 4.79 Å². The van der Waals surface area contributed by atoms with Gasteiger partial charge in [0.25, 0.3) is 0 Å². The van der Waals surface area contributed by atoms with Gasteiger partial charge in [-0.2, -0.15) is 0 Å². The summed E-state index contributed by atoms with van der Waals surface area (Å²) in [7, 11) is 0. The van der Waals surface area contributed by atoms with Gasteiger partial charge in [0.15, 0.2) is 0 Å². The third-order valence-corrected chi connectivity index (χ3v) is 4.13. The maximum atomic E-state index is 11.7. The van der Waals surface area contributed by atoms with Crippen molar-refractivity contribution >= 4 is 18.3 Å². The number of hydrogen-bond donors (Lipinski definition) is 2. The SMILES string of the molecule is Cl.NC1CCCC(CNC(=O)CCC2CCCO2)C1. The van der Waals surface area contributed by atoms with Gasteiger partial charge in [-0.3, -0.25) is 4.79 Å². The third kappa shape index (κ3) is 6.11. The maximum Gasteiger partial charge on any atom is 0.220 e. The predicted molar refractivity (Wildman–Crippen MR) is 78.4 cm³/mol. The minimum atomic E-state index is 0. The van der Waals surface area contributed by atoms with Crippen molar-refractivity contribution in [2.24, 2.45) is 11.7 Å². The minimum Gasteiger partial charge on any atom is -0.378 e. The highest BCUT2D eigenvalue weighted by Gasteiger charge is 2.20. The number of nitrogens with two attached hydrogens (primary N) is 1. The van der Waals surface area contributed by atoms with Crippen LogP contribution in [0.15, 0.2) is 0 Å². The molecule has 2 fully saturated rings. The first kappa shape index (κ1) is 16.7. The van der Waals surface area contributed by atoms with Crippen LogP contribution in [0.25, 0.3) is 0 Å². The Balaban J connectivity index is 0.00000180. The highest BCUT2D eigenvalue weighted by atomic mass is 35.5. The molecule has 5 heteroatoms. The molecule has 0 spiro atoms. The number of halogens is 1. The lowest BCUT2D eigenvalue weighted by atomic mass is 9.86. The molecule has 0 bridgehead atoms. The van der Waals surface area contributed by atoms with Crippen LogP contribution >= 0.6 is 12.4 Å². The van der Waals surface area contributed by atoms with E-state index < -0.39 is 0 Å². The molecule has 1 aliphatic heterocycles. The Labute approximate surface area is 122 Å².